The molecule has 4 heteroatoms. The molecule has 1 aliphatic heterocycles. The average molecular weight is 214 g/mol. The van der Waals surface area contributed by atoms with Crippen LogP contribution >= 0.6 is 0 Å². The van der Waals surface area contributed by atoms with Gasteiger partial charge >= 0.3 is 5.97 Å². The summed E-state index contributed by atoms with van der Waals surface area (Å²) in [7, 11) is 0. The molecule has 3 unspecified atom stereocenters. The van der Waals surface area contributed by atoms with Gasteiger partial charge in [0.1, 0.15) is 0 Å². The number of hydrogen-bond donors (Lipinski definition) is 2. The SMILES string of the molecule is CC(CNN1C(C)CCCC1C)C(=O)O. The van der Waals surface area contributed by atoms with Crippen molar-refractivity contribution >= 4 is 5.97 Å². The zero-order valence-corrected chi connectivity index (χ0v) is 9.86. The van der Waals surface area contributed by atoms with Crippen molar-refractivity contribution in [1.29, 1.82) is 0 Å². The van der Waals surface area contributed by atoms with E-state index in [2.05, 4.69) is 24.3 Å². The van der Waals surface area contributed by atoms with Crippen LogP contribution in [0.5, 0.6) is 0 Å². The van der Waals surface area contributed by atoms with Gasteiger partial charge in [0.05, 0.1) is 5.92 Å². The highest BCUT2D eigenvalue weighted by atomic mass is 16.4. The molecule has 1 saturated heterocycles. The first-order valence-corrected chi connectivity index (χ1v) is 5.77. The molecule has 0 aliphatic carbocycles. The van der Waals surface area contributed by atoms with Crippen LogP contribution in [0.4, 0.5) is 0 Å². The summed E-state index contributed by atoms with van der Waals surface area (Å²) in [6.07, 6.45) is 3.66. The number of hydrogen-bond acceptors (Lipinski definition) is 3. The van der Waals surface area contributed by atoms with E-state index in [0.29, 0.717) is 18.6 Å². The van der Waals surface area contributed by atoms with Crippen LogP contribution in [0.1, 0.15) is 40.0 Å². The van der Waals surface area contributed by atoms with Crippen LogP contribution in [0.2, 0.25) is 0 Å². The fourth-order valence-corrected chi connectivity index (χ4v) is 2.06. The molecule has 1 fully saturated rings. The topological polar surface area (TPSA) is 52.6 Å². The van der Waals surface area contributed by atoms with Crippen molar-refractivity contribution in [3.63, 3.8) is 0 Å². The second-order valence-corrected chi connectivity index (χ2v) is 4.64. The quantitative estimate of drug-likeness (QED) is 0.744. The van der Waals surface area contributed by atoms with Crippen LogP contribution in [-0.4, -0.2) is 34.7 Å². The molecule has 0 amide bonds. The summed E-state index contributed by atoms with van der Waals surface area (Å²) in [5, 5.41) is 11.0. The molecule has 0 aromatic heterocycles. The van der Waals surface area contributed by atoms with E-state index in [1.165, 1.54) is 19.3 Å². The minimum atomic E-state index is -0.736. The third-order valence-corrected chi connectivity index (χ3v) is 3.20. The summed E-state index contributed by atoms with van der Waals surface area (Å²) in [5.74, 6) is -1.06. The minimum Gasteiger partial charge on any atom is -0.481 e. The molecule has 0 bridgehead atoms. The molecule has 0 aromatic carbocycles. The molecule has 1 heterocycles. The van der Waals surface area contributed by atoms with Crippen molar-refractivity contribution in [2.45, 2.75) is 52.1 Å². The Hall–Kier alpha value is -0.610. The molecule has 88 valence electrons. The maximum Gasteiger partial charge on any atom is 0.307 e. The van der Waals surface area contributed by atoms with E-state index in [-0.39, 0.29) is 5.92 Å². The van der Waals surface area contributed by atoms with E-state index in [0.717, 1.165) is 0 Å². The average Bonchev–Trinajstić information content (AvgIpc) is 2.16. The number of nitrogens with one attached hydrogen (secondary N) is 1. The summed E-state index contributed by atoms with van der Waals surface area (Å²) in [6.45, 7) is 6.63. The van der Waals surface area contributed by atoms with Crippen LogP contribution in [0.15, 0.2) is 0 Å². The highest BCUT2D eigenvalue weighted by Crippen LogP contribution is 2.20. The molecule has 1 rings (SSSR count). The number of hydrazine groups is 1. The largest absolute Gasteiger partial charge is 0.481 e. The van der Waals surface area contributed by atoms with E-state index >= 15 is 0 Å². The number of aliphatic carboxylic acids is 1. The van der Waals surface area contributed by atoms with Gasteiger partial charge in [0, 0.05) is 18.6 Å². The minimum absolute atomic E-state index is 0.327. The van der Waals surface area contributed by atoms with Crippen molar-refractivity contribution in [2.24, 2.45) is 5.92 Å². The Balaban J connectivity index is 2.38. The summed E-state index contributed by atoms with van der Waals surface area (Å²) < 4.78 is 0. The Morgan fingerprint density at radius 2 is 2.00 bits per heavy atom. The zero-order valence-electron chi connectivity index (χ0n) is 9.86. The van der Waals surface area contributed by atoms with Gasteiger partial charge in [-0.05, 0) is 26.7 Å². The summed E-state index contributed by atoms with van der Waals surface area (Å²) in [6, 6.07) is 1.02. The van der Waals surface area contributed by atoms with Gasteiger partial charge in [-0.15, -0.1) is 0 Å². The van der Waals surface area contributed by atoms with Crippen LogP contribution in [0.25, 0.3) is 0 Å². The molecular weight excluding hydrogens is 192 g/mol. The maximum absolute atomic E-state index is 10.7. The van der Waals surface area contributed by atoms with Crippen molar-refractivity contribution < 1.29 is 9.90 Å². The van der Waals surface area contributed by atoms with Crippen LogP contribution in [0, 0.1) is 5.92 Å². The van der Waals surface area contributed by atoms with Gasteiger partial charge < -0.3 is 5.11 Å². The van der Waals surface area contributed by atoms with Crippen molar-refractivity contribution in [2.75, 3.05) is 6.54 Å². The predicted molar refractivity (Wildman–Crippen MR) is 59.4 cm³/mol. The highest BCUT2D eigenvalue weighted by Gasteiger charge is 2.25. The van der Waals surface area contributed by atoms with Gasteiger partial charge in [-0.1, -0.05) is 13.3 Å². The second-order valence-electron chi connectivity index (χ2n) is 4.64. The van der Waals surface area contributed by atoms with Gasteiger partial charge in [0.15, 0.2) is 0 Å². The smallest absolute Gasteiger partial charge is 0.307 e. The maximum atomic E-state index is 10.7. The number of nitrogens with zero attached hydrogens (tertiary/aromatic N) is 1. The van der Waals surface area contributed by atoms with Gasteiger partial charge in [-0.25, -0.2) is 5.01 Å². The molecule has 1 aliphatic rings. The standard InChI is InChI=1S/C11H22N2O2/c1-8(11(14)15)7-12-13-9(2)5-4-6-10(13)3/h8-10,12H,4-7H2,1-3H3,(H,14,15). The molecule has 4 nitrogen and oxygen atoms in total. The number of carbonyl (C=O) groups is 1. The molecule has 2 N–H and O–H groups in total. The van der Waals surface area contributed by atoms with E-state index in [4.69, 9.17) is 5.11 Å². The number of carboxylic acids is 1. The first kappa shape index (κ1) is 12.5. The highest BCUT2D eigenvalue weighted by molar-refractivity contribution is 5.69. The lowest BCUT2D eigenvalue weighted by Crippen LogP contribution is -2.53. The fraction of sp³-hybridized carbons (Fsp3) is 0.909. The van der Waals surface area contributed by atoms with E-state index in [9.17, 15) is 4.79 Å². The monoisotopic (exact) mass is 214 g/mol. The Kier molecular flexibility index (Phi) is 4.54. The van der Waals surface area contributed by atoms with Gasteiger partial charge in [-0.3, -0.25) is 10.2 Å². The molecular formula is C11H22N2O2. The first-order chi connectivity index (χ1) is 7.02. The van der Waals surface area contributed by atoms with Crippen LogP contribution in [0.3, 0.4) is 0 Å². The molecule has 0 radical (unpaired) electrons. The van der Waals surface area contributed by atoms with Crippen LogP contribution < -0.4 is 5.43 Å². The number of piperidine rings is 1. The predicted octanol–water partition coefficient (Wildman–Crippen LogP) is 1.47. The lowest BCUT2D eigenvalue weighted by atomic mass is 10.00. The van der Waals surface area contributed by atoms with E-state index in [1.54, 1.807) is 6.92 Å². The molecule has 15 heavy (non-hydrogen) atoms. The first-order valence-electron chi connectivity index (χ1n) is 5.77. The fourth-order valence-electron chi connectivity index (χ4n) is 2.06. The number of carboxylic acid groups (broad SMARTS) is 1. The summed E-state index contributed by atoms with van der Waals surface area (Å²) in [4.78, 5) is 10.7. The van der Waals surface area contributed by atoms with Gasteiger partial charge in [-0.2, -0.15) is 0 Å². The van der Waals surface area contributed by atoms with Gasteiger partial charge in [0.2, 0.25) is 0 Å². The number of rotatable bonds is 4. The summed E-state index contributed by atoms with van der Waals surface area (Å²) in [5.41, 5.74) is 3.25. The van der Waals surface area contributed by atoms with Crippen molar-refractivity contribution in [3.05, 3.63) is 0 Å². The van der Waals surface area contributed by atoms with E-state index in [1.807, 2.05) is 0 Å². The molecule has 0 spiro atoms. The zero-order chi connectivity index (χ0) is 11.4. The Morgan fingerprint density at radius 1 is 1.47 bits per heavy atom. The lowest BCUT2D eigenvalue weighted by Gasteiger charge is -2.39. The third kappa shape index (κ3) is 3.47. The third-order valence-electron chi connectivity index (χ3n) is 3.20. The van der Waals surface area contributed by atoms with Gasteiger partial charge in [0.25, 0.3) is 0 Å². The summed E-state index contributed by atoms with van der Waals surface area (Å²) >= 11 is 0. The molecule has 0 saturated carbocycles. The molecule has 3 atom stereocenters. The Morgan fingerprint density at radius 3 is 2.47 bits per heavy atom. The Bertz CT molecular complexity index is 211. The lowest BCUT2D eigenvalue weighted by molar-refractivity contribution is -0.141. The second kappa shape index (κ2) is 5.47. The molecule has 0 aromatic rings. The van der Waals surface area contributed by atoms with Crippen LogP contribution in [-0.2, 0) is 4.79 Å². The van der Waals surface area contributed by atoms with Crippen molar-refractivity contribution in [3.8, 4) is 0 Å². The van der Waals surface area contributed by atoms with E-state index < -0.39 is 5.97 Å². The normalized spacial score (nSPS) is 30.1. The van der Waals surface area contributed by atoms with Crippen molar-refractivity contribution in [1.82, 2.24) is 10.4 Å². The Labute approximate surface area is 91.6 Å².